The first-order valence-corrected chi connectivity index (χ1v) is 6.61. The largest absolute Gasteiger partial charge is 0.463 e. The maximum absolute atomic E-state index is 12.0. The zero-order valence-corrected chi connectivity index (χ0v) is 13.0. The number of carbonyl (C=O) groups is 2. The number of aliphatic hydroxyl groups is 1. The fourth-order valence-corrected chi connectivity index (χ4v) is 2.00. The van der Waals surface area contributed by atoms with Crippen LogP contribution in [0.2, 0.25) is 0 Å². The molecule has 0 fully saturated rings. The lowest BCUT2D eigenvalue weighted by molar-refractivity contribution is -0.163. The first-order chi connectivity index (χ1) is 9.17. The lowest BCUT2D eigenvalue weighted by Crippen LogP contribution is -2.37. The van der Waals surface area contributed by atoms with Crippen LogP contribution in [0.3, 0.4) is 0 Å². The third kappa shape index (κ3) is 6.34. The summed E-state index contributed by atoms with van der Waals surface area (Å²) in [7, 11) is 1.53. The average molecular weight is 290 g/mol. The van der Waals surface area contributed by atoms with E-state index in [1.165, 1.54) is 7.11 Å². The van der Waals surface area contributed by atoms with Gasteiger partial charge in [0.15, 0.2) is 0 Å². The highest BCUT2D eigenvalue weighted by atomic mass is 16.6. The second-order valence-electron chi connectivity index (χ2n) is 5.93. The fourth-order valence-electron chi connectivity index (χ4n) is 2.00. The molecule has 1 N–H and O–H groups in total. The van der Waals surface area contributed by atoms with E-state index in [1.54, 1.807) is 27.7 Å². The van der Waals surface area contributed by atoms with Crippen LogP contribution < -0.4 is 0 Å². The normalized spacial score (nSPS) is 12.1. The molecule has 0 aliphatic carbocycles. The molecule has 0 amide bonds. The van der Waals surface area contributed by atoms with E-state index in [4.69, 9.17) is 19.3 Å². The molecule has 0 spiro atoms. The van der Waals surface area contributed by atoms with E-state index in [-0.39, 0.29) is 32.2 Å². The van der Waals surface area contributed by atoms with E-state index in [0.29, 0.717) is 6.61 Å². The number of methoxy groups -OCH3 is 1. The minimum atomic E-state index is -0.834. The van der Waals surface area contributed by atoms with E-state index in [0.717, 1.165) is 0 Å². The second kappa shape index (κ2) is 8.21. The molecular weight excluding hydrogens is 264 g/mol. The van der Waals surface area contributed by atoms with Crippen molar-refractivity contribution in [2.24, 2.45) is 10.8 Å². The minimum Gasteiger partial charge on any atom is -0.463 e. The van der Waals surface area contributed by atoms with Crippen molar-refractivity contribution in [1.29, 1.82) is 0 Å². The molecule has 0 saturated carbocycles. The molecule has 0 aliphatic rings. The van der Waals surface area contributed by atoms with Gasteiger partial charge in [-0.05, 0) is 34.1 Å². The molecule has 0 heterocycles. The molecule has 6 nitrogen and oxygen atoms in total. The van der Waals surface area contributed by atoms with Gasteiger partial charge in [0.2, 0.25) is 0 Å². The molecule has 0 aromatic carbocycles. The molecular formula is C14H26O6. The van der Waals surface area contributed by atoms with Gasteiger partial charge in [0, 0.05) is 7.11 Å². The topological polar surface area (TPSA) is 82.1 Å². The molecule has 0 rings (SSSR count). The van der Waals surface area contributed by atoms with E-state index in [1.807, 2.05) is 0 Å². The maximum Gasteiger partial charge on any atom is 0.311 e. The fraction of sp³-hybridized carbons (Fsp3) is 0.857. The first kappa shape index (κ1) is 18.9. The van der Waals surface area contributed by atoms with Crippen molar-refractivity contribution in [3.8, 4) is 0 Å². The number of esters is 2. The Hall–Kier alpha value is -1.14. The molecule has 0 aromatic heterocycles. The van der Waals surface area contributed by atoms with Gasteiger partial charge in [0.1, 0.15) is 13.2 Å². The maximum atomic E-state index is 12.0. The molecule has 0 aromatic rings. The first-order valence-electron chi connectivity index (χ1n) is 6.61. The standard InChI is InChI=1S/C14H26O6/c1-13(2,11(16)19-7-6-15)10-14(3,4)12(17)20-9-8-18-5/h15H,6-10H2,1-5H3. The van der Waals surface area contributed by atoms with Crippen molar-refractivity contribution in [1.82, 2.24) is 0 Å². The molecule has 6 heteroatoms. The molecule has 118 valence electrons. The lowest BCUT2D eigenvalue weighted by Gasteiger charge is -2.31. The van der Waals surface area contributed by atoms with Crippen molar-refractivity contribution < 1.29 is 28.9 Å². The van der Waals surface area contributed by atoms with Gasteiger partial charge in [-0.15, -0.1) is 0 Å². The van der Waals surface area contributed by atoms with E-state index < -0.39 is 16.8 Å². The van der Waals surface area contributed by atoms with Gasteiger partial charge in [-0.3, -0.25) is 9.59 Å². The van der Waals surface area contributed by atoms with Crippen molar-refractivity contribution in [3.63, 3.8) is 0 Å². The second-order valence-corrected chi connectivity index (χ2v) is 5.93. The van der Waals surface area contributed by atoms with Crippen molar-refractivity contribution >= 4 is 11.9 Å². The van der Waals surface area contributed by atoms with Crippen LogP contribution in [0.4, 0.5) is 0 Å². The zero-order valence-electron chi connectivity index (χ0n) is 13.0. The summed E-state index contributed by atoms with van der Waals surface area (Å²) in [6.07, 6.45) is 0.288. The van der Waals surface area contributed by atoms with E-state index >= 15 is 0 Å². The summed E-state index contributed by atoms with van der Waals surface area (Å²) in [6.45, 7) is 7.13. The van der Waals surface area contributed by atoms with Crippen LogP contribution in [0.5, 0.6) is 0 Å². The number of hydrogen-bond donors (Lipinski definition) is 1. The van der Waals surface area contributed by atoms with Gasteiger partial charge in [0.25, 0.3) is 0 Å². The molecule has 20 heavy (non-hydrogen) atoms. The Labute approximate surface area is 120 Å². The lowest BCUT2D eigenvalue weighted by atomic mass is 9.75. The molecule has 0 aliphatic heterocycles. The smallest absolute Gasteiger partial charge is 0.311 e. The van der Waals surface area contributed by atoms with Crippen LogP contribution in [0.25, 0.3) is 0 Å². The van der Waals surface area contributed by atoms with Crippen LogP contribution in [0, 0.1) is 10.8 Å². The Bertz CT molecular complexity index is 322. The number of carbonyl (C=O) groups excluding carboxylic acids is 2. The van der Waals surface area contributed by atoms with Crippen LogP contribution in [0.15, 0.2) is 0 Å². The van der Waals surface area contributed by atoms with Gasteiger partial charge in [-0.25, -0.2) is 0 Å². The summed E-state index contributed by atoms with van der Waals surface area (Å²) >= 11 is 0. The van der Waals surface area contributed by atoms with Crippen LogP contribution in [-0.4, -0.2) is 50.6 Å². The number of hydrogen-bond acceptors (Lipinski definition) is 6. The van der Waals surface area contributed by atoms with Crippen LogP contribution in [0.1, 0.15) is 34.1 Å². The quantitative estimate of drug-likeness (QED) is 0.507. The highest BCUT2D eigenvalue weighted by Crippen LogP contribution is 2.35. The molecule has 0 saturated heterocycles. The predicted molar refractivity (Wildman–Crippen MR) is 73.1 cm³/mol. The van der Waals surface area contributed by atoms with Crippen molar-refractivity contribution in [2.45, 2.75) is 34.1 Å². The summed E-state index contributed by atoms with van der Waals surface area (Å²) in [5.74, 6) is -0.818. The van der Waals surface area contributed by atoms with Crippen LogP contribution in [-0.2, 0) is 23.8 Å². The molecule has 0 radical (unpaired) electrons. The molecule has 0 atom stereocenters. The number of aliphatic hydroxyl groups excluding tert-OH is 1. The van der Waals surface area contributed by atoms with Gasteiger partial charge >= 0.3 is 11.9 Å². The summed E-state index contributed by atoms with van der Waals surface area (Å²) in [6, 6.07) is 0. The van der Waals surface area contributed by atoms with E-state index in [9.17, 15) is 9.59 Å². The third-order valence-electron chi connectivity index (χ3n) is 2.83. The number of rotatable bonds is 9. The Morgan fingerprint density at radius 3 is 1.75 bits per heavy atom. The average Bonchev–Trinajstić information content (AvgIpc) is 2.34. The Balaban J connectivity index is 4.55. The summed E-state index contributed by atoms with van der Waals surface area (Å²) < 4.78 is 14.8. The SMILES string of the molecule is COCCOC(=O)C(C)(C)CC(C)(C)C(=O)OCCO. The highest BCUT2D eigenvalue weighted by Gasteiger charge is 2.40. The third-order valence-corrected chi connectivity index (χ3v) is 2.83. The Morgan fingerprint density at radius 2 is 1.35 bits per heavy atom. The van der Waals surface area contributed by atoms with Gasteiger partial charge < -0.3 is 19.3 Å². The zero-order chi connectivity index (χ0) is 15.8. The van der Waals surface area contributed by atoms with E-state index in [2.05, 4.69) is 0 Å². The summed E-state index contributed by atoms with van der Waals surface area (Å²) in [5, 5.41) is 8.66. The van der Waals surface area contributed by atoms with Crippen LogP contribution >= 0.6 is 0 Å². The van der Waals surface area contributed by atoms with Crippen molar-refractivity contribution in [3.05, 3.63) is 0 Å². The van der Waals surface area contributed by atoms with Gasteiger partial charge in [-0.1, -0.05) is 0 Å². The van der Waals surface area contributed by atoms with Crippen molar-refractivity contribution in [2.75, 3.05) is 33.5 Å². The Kier molecular flexibility index (Phi) is 7.75. The predicted octanol–water partition coefficient (Wildman–Crippen LogP) is 1.15. The highest BCUT2D eigenvalue weighted by molar-refractivity contribution is 5.80. The number of ether oxygens (including phenoxy) is 3. The molecule has 0 bridgehead atoms. The van der Waals surface area contributed by atoms with Gasteiger partial charge in [0.05, 0.1) is 24.0 Å². The molecule has 0 unspecified atom stereocenters. The summed E-state index contributed by atoms with van der Waals surface area (Å²) in [5.41, 5.74) is -1.64. The van der Waals surface area contributed by atoms with Gasteiger partial charge in [-0.2, -0.15) is 0 Å². The minimum absolute atomic E-state index is 0.0407. The monoisotopic (exact) mass is 290 g/mol. The summed E-state index contributed by atoms with van der Waals surface area (Å²) in [4.78, 5) is 23.9. The Morgan fingerprint density at radius 1 is 0.900 bits per heavy atom.